The van der Waals surface area contributed by atoms with Gasteiger partial charge in [-0.25, -0.2) is 0 Å². The summed E-state index contributed by atoms with van der Waals surface area (Å²) in [5.41, 5.74) is 2.46. The van der Waals surface area contributed by atoms with E-state index in [0.29, 0.717) is 31.0 Å². The van der Waals surface area contributed by atoms with Gasteiger partial charge in [-0.3, -0.25) is 9.59 Å². The molecule has 1 rings (SSSR count). The van der Waals surface area contributed by atoms with Gasteiger partial charge >= 0.3 is 0 Å². The molecule has 0 unspecified atom stereocenters. The Bertz CT molecular complexity index is 498. The van der Waals surface area contributed by atoms with Gasteiger partial charge in [0.2, 0.25) is 5.91 Å². The van der Waals surface area contributed by atoms with E-state index in [2.05, 4.69) is 16.0 Å². The molecule has 0 aliphatic heterocycles. The average Bonchev–Trinajstić information content (AvgIpc) is 2.44. The zero-order valence-electron chi connectivity index (χ0n) is 13.2. The van der Waals surface area contributed by atoms with E-state index in [4.69, 9.17) is 0 Å². The predicted molar refractivity (Wildman–Crippen MR) is 85.5 cm³/mol. The Labute approximate surface area is 126 Å². The number of carbonyl (C=O) groups excluding carboxylic acids is 2. The second-order valence-electron chi connectivity index (χ2n) is 5.50. The molecule has 21 heavy (non-hydrogen) atoms. The van der Waals surface area contributed by atoms with E-state index < -0.39 is 0 Å². The molecular weight excluding hydrogens is 266 g/mol. The maximum absolute atomic E-state index is 12.1. The van der Waals surface area contributed by atoms with Crippen LogP contribution in [-0.4, -0.2) is 32.0 Å². The molecule has 0 radical (unpaired) electrons. The van der Waals surface area contributed by atoms with Gasteiger partial charge in [-0.15, -0.1) is 0 Å². The smallest absolute Gasteiger partial charge is 0.253 e. The SMILES string of the molecule is CNc1cc(C)ccc1C(=O)NCCC(=O)NCC(C)C. The maximum Gasteiger partial charge on any atom is 0.253 e. The van der Waals surface area contributed by atoms with Crippen LogP contribution in [0.2, 0.25) is 0 Å². The molecule has 116 valence electrons. The molecule has 1 aromatic rings. The summed E-state index contributed by atoms with van der Waals surface area (Å²) in [5.74, 6) is 0.215. The highest BCUT2D eigenvalue weighted by molar-refractivity contribution is 5.99. The Balaban J connectivity index is 2.46. The van der Waals surface area contributed by atoms with Crippen molar-refractivity contribution in [3.63, 3.8) is 0 Å². The quantitative estimate of drug-likeness (QED) is 0.719. The van der Waals surface area contributed by atoms with E-state index in [9.17, 15) is 9.59 Å². The van der Waals surface area contributed by atoms with Gasteiger partial charge in [-0.1, -0.05) is 19.9 Å². The molecule has 0 atom stereocenters. The first-order valence-electron chi connectivity index (χ1n) is 7.27. The first-order chi connectivity index (χ1) is 9.93. The van der Waals surface area contributed by atoms with Crippen molar-refractivity contribution < 1.29 is 9.59 Å². The minimum absolute atomic E-state index is 0.0400. The van der Waals surface area contributed by atoms with Crippen molar-refractivity contribution >= 4 is 17.5 Å². The first kappa shape index (κ1) is 17.0. The number of amides is 2. The maximum atomic E-state index is 12.1. The van der Waals surface area contributed by atoms with Crippen LogP contribution in [0.3, 0.4) is 0 Å². The molecule has 0 saturated carbocycles. The average molecular weight is 291 g/mol. The lowest BCUT2D eigenvalue weighted by Gasteiger charge is -2.11. The summed E-state index contributed by atoms with van der Waals surface area (Å²) in [6, 6.07) is 5.60. The van der Waals surface area contributed by atoms with E-state index in [0.717, 1.165) is 11.3 Å². The molecule has 0 heterocycles. The number of rotatable bonds is 7. The normalized spacial score (nSPS) is 10.3. The van der Waals surface area contributed by atoms with Crippen LogP contribution in [0.5, 0.6) is 0 Å². The van der Waals surface area contributed by atoms with Crippen LogP contribution < -0.4 is 16.0 Å². The fourth-order valence-corrected chi connectivity index (χ4v) is 1.85. The molecule has 2 amide bonds. The lowest BCUT2D eigenvalue weighted by molar-refractivity contribution is -0.121. The number of hydrogen-bond donors (Lipinski definition) is 3. The summed E-state index contributed by atoms with van der Waals surface area (Å²) in [6.45, 7) is 7.05. The molecule has 0 fully saturated rings. The zero-order valence-corrected chi connectivity index (χ0v) is 13.2. The minimum Gasteiger partial charge on any atom is -0.387 e. The van der Waals surface area contributed by atoms with Gasteiger partial charge < -0.3 is 16.0 Å². The zero-order chi connectivity index (χ0) is 15.8. The van der Waals surface area contributed by atoms with Crippen LogP contribution in [0.15, 0.2) is 18.2 Å². The number of carbonyl (C=O) groups is 2. The standard InChI is InChI=1S/C16H25N3O2/c1-11(2)10-19-15(20)7-8-18-16(21)13-6-5-12(3)9-14(13)17-4/h5-6,9,11,17H,7-8,10H2,1-4H3,(H,18,21)(H,19,20). The molecule has 5 nitrogen and oxygen atoms in total. The van der Waals surface area contributed by atoms with Crippen LogP contribution in [0.1, 0.15) is 36.2 Å². The van der Waals surface area contributed by atoms with Crippen LogP contribution in [0.25, 0.3) is 0 Å². The summed E-state index contributed by atoms with van der Waals surface area (Å²) >= 11 is 0. The van der Waals surface area contributed by atoms with Gasteiger partial charge in [0.15, 0.2) is 0 Å². The van der Waals surface area contributed by atoms with Gasteiger partial charge in [0, 0.05) is 32.2 Å². The predicted octanol–water partition coefficient (Wildman–Crippen LogP) is 1.93. The van der Waals surface area contributed by atoms with E-state index in [1.165, 1.54) is 0 Å². The molecule has 0 bridgehead atoms. The Morgan fingerprint density at radius 1 is 1.19 bits per heavy atom. The van der Waals surface area contributed by atoms with Crippen molar-refractivity contribution in [2.24, 2.45) is 5.92 Å². The third-order valence-corrected chi connectivity index (χ3v) is 3.03. The van der Waals surface area contributed by atoms with E-state index >= 15 is 0 Å². The van der Waals surface area contributed by atoms with Gasteiger partial charge in [0.05, 0.1) is 5.56 Å². The van der Waals surface area contributed by atoms with E-state index in [1.807, 2.05) is 32.9 Å². The van der Waals surface area contributed by atoms with Crippen LogP contribution in [0.4, 0.5) is 5.69 Å². The van der Waals surface area contributed by atoms with Gasteiger partial charge in [-0.05, 0) is 30.5 Å². The summed E-state index contributed by atoms with van der Waals surface area (Å²) in [7, 11) is 1.78. The molecule has 0 aliphatic rings. The van der Waals surface area contributed by atoms with Crippen LogP contribution in [0, 0.1) is 12.8 Å². The summed E-state index contributed by atoms with van der Waals surface area (Å²) in [4.78, 5) is 23.7. The molecule has 5 heteroatoms. The molecule has 3 N–H and O–H groups in total. The lowest BCUT2D eigenvalue weighted by atomic mass is 10.1. The van der Waals surface area contributed by atoms with Crippen LogP contribution in [-0.2, 0) is 4.79 Å². The topological polar surface area (TPSA) is 70.2 Å². The fraction of sp³-hybridized carbons (Fsp3) is 0.500. The summed E-state index contributed by atoms with van der Waals surface area (Å²) in [6.07, 6.45) is 0.291. The second-order valence-corrected chi connectivity index (χ2v) is 5.50. The number of anilines is 1. The second kappa shape index (κ2) is 8.29. The van der Waals surface area contributed by atoms with Crippen LogP contribution >= 0.6 is 0 Å². The van der Waals surface area contributed by atoms with E-state index in [1.54, 1.807) is 13.1 Å². The van der Waals surface area contributed by atoms with Crippen molar-refractivity contribution in [3.8, 4) is 0 Å². The molecule has 0 saturated heterocycles. The summed E-state index contributed by atoms with van der Waals surface area (Å²) in [5, 5.41) is 8.60. The number of benzene rings is 1. The third kappa shape index (κ3) is 5.85. The number of aryl methyl sites for hydroxylation is 1. The molecular formula is C16H25N3O2. The highest BCUT2D eigenvalue weighted by atomic mass is 16.2. The Hall–Kier alpha value is -2.04. The van der Waals surface area contributed by atoms with Gasteiger partial charge in [0.25, 0.3) is 5.91 Å². The third-order valence-electron chi connectivity index (χ3n) is 3.03. The fourth-order valence-electron chi connectivity index (χ4n) is 1.85. The van der Waals surface area contributed by atoms with Crippen molar-refractivity contribution in [1.82, 2.24) is 10.6 Å². The van der Waals surface area contributed by atoms with Crippen molar-refractivity contribution in [2.75, 3.05) is 25.5 Å². The largest absolute Gasteiger partial charge is 0.387 e. The van der Waals surface area contributed by atoms with Gasteiger partial charge in [-0.2, -0.15) is 0 Å². The minimum atomic E-state index is -0.170. The molecule has 0 aliphatic carbocycles. The van der Waals surface area contributed by atoms with Crippen molar-refractivity contribution in [2.45, 2.75) is 27.2 Å². The van der Waals surface area contributed by atoms with Crippen molar-refractivity contribution in [3.05, 3.63) is 29.3 Å². The summed E-state index contributed by atoms with van der Waals surface area (Å²) < 4.78 is 0. The Kier molecular flexibility index (Phi) is 6.72. The number of nitrogens with one attached hydrogen (secondary N) is 3. The lowest BCUT2D eigenvalue weighted by Crippen LogP contribution is -2.32. The molecule has 0 aromatic heterocycles. The monoisotopic (exact) mass is 291 g/mol. The number of hydrogen-bond acceptors (Lipinski definition) is 3. The first-order valence-corrected chi connectivity index (χ1v) is 7.27. The molecule has 1 aromatic carbocycles. The van der Waals surface area contributed by atoms with E-state index in [-0.39, 0.29) is 11.8 Å². The highest BCUT2D eigenvalue weighted by Crippen LogP contribution is 2.16. The van der Waals surface area contributed by atoms with Gasteiger partial charge in [0.1, 0.15) is 0 Å². The Morgan fingerprint density at radius 2 is 1.90 bits per heavy atom. The van der Waals surface area contributed by atoms with Crippen molar-refractivity contribution in [1.29, 1.82) is 0 Å². The molecule has 0 spiro atoms. The Morgan fingerprint density at radius 3 is 2.52 bits per heavy atom. The highest BCUT2D eigenvalue weighted by Gasteiger charge is 2.11.